The van der Waals surface area contributed by atoms with Crippen LogP contribution in [0.1, 0.15) is 70.6 Å². The van der Waals surface area contributed by atoms with Crippen molar-refractivity contribution in [1.29, 1.82) is 0 Å². The van der Waals surface area contributed by atoms with Crippen molar-refractivity contribution in [2.75, 3.05) is 13.2 Å². The van der Waals surface area contributed by atoms with Gasteiger partial charge in [-0.1, -0.05) is 38.5 Å². The Morgan fingerprint density at radius 1 is 0.962 bits per heavy atom. The van der Waals surface area contributed by atoms with Crippen molar-refractivity contribution in [2.45, 2.75) is 101 Å². The number of amides is 1. The highest BCUT2D eigenvalue weighted by Crippen LogP contribution is 2.33. The van der Waals surface area contributed by atoms with Gasteiger partial charge in [-0.2, -0.15) is 0 Å². The number of carbonyl (C=O) groups excluding carboxylic acids is 1. The van der Waals surface area contributed by atoms with E-state index in [1.165, 1.54) is 4.90 Å². The van der Waals surface area contributed by atoms with Gasteiger partial charge in [0, 0.05) is 6.61 Å². The molecule has 0 radical (unpaired) electrons. The van der Waals surface area contributed by atoms with Crippen LogP contribution < -0.4 is 0 Å². The fraction of sp³-hybridized carbons (Fsp3) is 0.947. The summed E-state index contributed by atoms with van der Waals surface area (Å²) < 4.78 is 4.97. The van der Waals surface area contributed by atoms with Crippen LogP contribution >= 0.6 is 0 Å². The predicted octanol–water partition coefficient (Wildman–Crippen LogP) is 1.56. The first-order chi connectivity index (χ1) is 12.6. The third kappa shape index (κ3) is 5.81. The van der Waals surface area contributed by atoms with E-state index < -0.39 is 24.3 Å². The maximum absolute atomic E-state index is 11.8. The average molecular weight is 373 g/mol. The molecule has 152 valence electrons. The molecule has 4 N–H and O–H groups in total. The molecule has 0 aromatic heterocycles. The Labute approximate surface area is 156 Å². The zero-order valence-corrected chi connectivity index (χ0v) is 15.6. The van der Waals surface area contributed by atoms with E-state index in [0.717, 1.165) is 64.2 Å². The summed E-state index contributed by atoms with van der Waals surface area (Å²) in [5, 5.41) is 38.7. The molecule has 0 aliphatic carbocycles. The Bertz CT molecular complexity index is 421. The van der Waals surface area contributed by atoms with Gasteiger partial charge >= 0.3 is 6.09 Å². The molecule has 2 heterocycles. The van der Waals surface area contributed by atoms with Crippen LogP contribution in [0.3, 0.4) is 0 Å². The summed E-state index contributed by atoms with van der Waals surface area (Å²) in [7, 11) is 0. The Kier molecular flexibility index (Phi) is 9.11. The normalized spacial score (nSPS) is 29.1. The van der Waals surface area contributed by atoms with E-state index >= 15 is 0 Å². The molecule has 0 aromatic carbocycles. The highest BCUT2D eigenvalue weighted by Gasteiger charge is 2.53. The van der Waals surface area contributed by atoms with Gasteiger partial charge in [0.2, 0.25) is 0 Å². The van der Waals surface area contributed by atoms with Crippen LogP contribution in [0.15, 0.2) is 0 Å². The minimum Gasteiger partial charge on any atom is -0.447 e. The van der Waals surface area contributed by atoms with Crippen molar-refractivity contribution >= 4 is 6.09 Å². The van der Waals surface area contributed by atoms with E-state index in [-0.39, 0.29) is 25.4 Å². The number of rotatable bonds is 13. The SMILES string of the molecule is O=C1OC[C@@H]2[C@@H](O)[C@H](O)[C@@H](CCCCCCCC[C@@H](O)CCCCO)N12. The van der Waals surface area contributed by atoms with Gasteiger partial charge in [0.05, 0.1) is 18.2 Å². The molecule has 7 heteroatoms. The molecule has 2 saturated heterocycles. The lowest BCUT2D eigenvalue weighted by molar-refractivity contribution is 0.0169. The van der Waals surface area contributed by atoms with Crippen molar-refractivity contribution in [1.82, 2.24) is 4.90 Å². The largest absolute Gasteiger partial charge is 0.447 e. The predicted molar refractivity (Wildman–Crippen MR) is 96.7 cm³/mol. The summed E-state index contributed by atoms with van der Waals surface area (Å²) in [6.07, 6.45) is 7.77. The molecule has 2 rings (SSSR count). The third-order valence-electron chi connectivity index (χ3n) is 5.67. The van der Waals surface area contributed by atoms with Crippen molar-refractivity contribution in [3.8, 4) is 0 Å². The smallest absolute Gasteiger partial charge is 0.410 e. The highest BCUT2D eigenvalue weighted by atomic mass is 16.6. The highest BCUT2D eigenvalue weighted by molar-refractivity contribution is 5.71. The first kappa shape index (κ1) is 21.4. The lowest BCUT2D eigenvalue weighted by atomic mass is 10.0. The van der Waals surface area contributed by atoms with E-state index in [2.05, 4.69) is 0 Å². The molecule has 1 amide bonds. The molecule has 5 atom stereocenters. The maximum Gasteiger partial charge on any atom is 0.410 e. The summed E-state index contributed by atoms with van der Waals surface area (Å²) in [5.74, 6) is 0. The molecule has 2 fully saturated rings. The Hall–Kier alpha value is -0.890. The number of hydrogen-bond donors (Lipinski definition) is 4. The molecular weight excluding hydrogens is 338 g/mol. The summed E-state index contributed by atoms with van der Waals surface area (Å²) in [6.45, 7) is 0.364. The number of carbonyl (C=O) groups is 1. The quantitative estimate of drug-likeness (QED) is 0.365. The fourth-order valence-electron chi connectivity index (χ4n) is 4.10. The fourth-order valence-corrected chi connectivity index (χ4v) is 4.10. The van der Waals surface area contributed by atoms with Crippen LogP contribution in [0.5, 0.6) is 0 Å². The van der Waals surface area contributed by atoms with Crippen molar-refractivity contribution in [3.63, 3.8) is 0 Å². The minimum absolute atomic E-state index is 0.166. The molecule has 0 spiro atoms. The Morgan fingerprint density at radius 3 is 2.27 bits per heavy atom. The Morgan fingerprint density at radius 2 is 1.58 bits per heavy atom. The molecule has 0 bridgehead atoms. The number of fused-ring (bicyclic) bond motifs is 1. The van der Waals surface area contributed by atoms with Crippen LogP contribution in [-0.2, 0) is 4.74 Å². The molecule has 2 aliphatic rings. The molecular formula is C19H35NO6. The van der Waals surface area contributed by atoms with Crippen molar-refractivity contribution in [2.24, 2.45) is 0 Å². The summed E-state index contributed by atoms with van der Waals surface area (Å²) in [5.41, 5.74) is 0. The lowest BCUT2D eigenvalue weighted by Gasteiger charge is -2.22. The number of ether oxygens (including phenoxy) is 1. The number of aliphatic hydroxyl groups excluding tert-OH is 4. The van der Waals surface area contributed by atoms with Gasteiger partial charge in [-0.05, 0) is 32.1 Å². The molecule has 0 aromatic rings. The molecule has 26 heavy (non-hydrogen) atoms. The minimum atomic E-state index is -0.907. The number of nitrogens with zero attached hydrogens (tertiary/aromatic N) is 1. The van der Waals surface area contributed by atoms with Gasteiger partial charge in [0.15, 0.2) is 0 Å². The van der Waals surface area contributed by atoms with Crippen LogP contribution in [-0.4, -0.2) is 75.0 Å². The van der Waals surface area contributed by atoms with Gasteiger partial charge < -0.3 is 25.2 Å². The van der Waals surface area contributed by atoms with Crippen LogP contribution in [0.4, 0.5) is 4.79 Å². The maximum atomic E-state index is 11.8. The van der Waals surface area contributed by atoms with Crippen molar-refractivity contribution < 1.29 is 30.0 Å². The van der Waals surface area contributed by atoms with Gasteiger partial charge in [0.1, 0.15) is 18.8 Å². The number of aliphatic hydroxyl groups is 4. The molecule has 0 unspecified atom stereocenters. The Balaban J connectivity index is 1.50. The number of cyclic esters (lactones) is 1. The molecule has 2 aliphatic heterocycles. The van der Waals surface area contributed by atoms with Crippen molar-refractivity contribution in [3.05, 3.63) is 0 Å². The first-order valence-electron chi connectivity index (χ1n) is 10.2. The number of hydrogen-bond acceptors (Lipinski definition) is 6. The molecule has 7 nitrogen and oxygen atoms in total. The van der Waals surface area contributed by atoms with Gasteiger partial charge in [-0.3, -0.25) is 4.90 Å². The van der Waals surface area contributed by atoms with Gasteiger partial charge in [-0.15, -0.1) is 0 Å². The summed E-state index contributed by atoms with van der Waals surface area (Å²) in [4.78, 5) is 13.3. The second kappa shape index (κ2) is 11.1. The first-order valence-corrected chi connectivity index (χ1v) is 10.2. The summed E-state index contributed by atoms with van der Waals surface area (Å²) in [6, 6.07) is -0.731. The topological polar surface area (TPSA) is 110 Å². The van der Waals surface area contributed by atoms with E-state index in [1.807, 2.05) is 0 Å². The lowest BCUT2D eigenvalue weighted by Crippen LogP contribution is -2.38. The second-order valence-electron chi connectivity index (χ2n) is 7.67. The zero-order chi connectivity index (χ0) is 18.9. The standard InChI is InChI=1S/C19H35NO6/c21-12-8-7-10-14(22)9-5-3-1-2-4-6-11-15-17(23)18(24)16-13-26-19(25)20(15)16/h14-18,21-24H,1-13H2/t14-,15-,16-,17-,18-/m1/s1. The second-order valence-corrected chi connectivity index (χ2v) is 7.67. The average Bonchev–Trinajstić information content (AvgIpc) is 3.11. The van der Waals surface area contributed by atoms with E-state index in [1.54, 1.807) is 0 Å². The number of unbranched alkanes of at least 4 members (excludes halogenated alkanes) is 6. The molecule has 0 saturated carbocycles. The van der Waals surface area contributed by atoms with E-state index in [9.17, 15) is 20.1 Å². The summed E-state index contributed by atoms with van der Waals surface area (Å²) >= 11 is 0. The zero-order valence-electron chi connectivity index (χ0n) is 15.6. The van der Waals surface area contributed by atoms with Crippen LogP contribution in [0, 0.1) is 0 Å². The monoisotopic (exact) mass is 373 g/mol. The van der Waals surface area contributed by atoms with E-state index in [0.29, 0.717) is 6.42 Å². The van der Waals surface area contributed by atoms with Crippen LogP contribution in [0.25, 0.3) is 0 Å². The van der Waals surface area contributed by atoms with E-state index in [4.69, 9.17) is 9.84 Å². The van der Waals surface area contributed by atoms with Crippen LogP contribution in [0.2, 0.25) is 0 Å². The van der Waals surface area contributed by atoms with Gasteiger partial charge in [0.25, 0.3) is 0 Å². The third-order valence-corrected chi connectivity index (χ3v) is 5.67. The van der Waals surface area contributed by atoms with Gasteiger partial charge in [-0.25, -0.2) is 4.79 Å².